The minimum atomic E-state index is -0.550. The number of benzene rings is 1. The molecule has 1 atom stereocenters. The van der Waals surface area contributed by atoms with Gasteiger partial charge >= 0.3 is 0 Å². The fourth-order valence-electron chi connectivity index (χ4n) is 2.64. The molecule has 1 aromatic rings. The Kier molecular flexibility index (Phi) is 4.94. The summed E-state index contributed by atoms with van der Waals surface area (Å²) in [4.78, 5) is 1.64. The maximum atomic E-state index is 14.2. The minimum absolute atomic E-state index is 0.00477. The van der Waals surface area contributed by atoms with Crippen LogP contribution in [0.2, 0.25) is 0 Å². The van der Waals surface area contributed by atoms with Gasteiger partial charge in [0.2, 0.25) is 0 Å². The van der Waals surface area contributed by atoms with Crippen LogP contribution < -0.4 is 10.2 Å². The standard InChI is InChI=1S/C15H22F2N2O/c1-10(2)18-8-11-6-13(16)15(14(17)7-11)19-5-3-4-12(19)9-20/h6-7,10,12,18,20H,3-5,8-9H2,1-2H3. The number of aliphatic hydroxyl groups excluding tert-OH is 1. The van der Waals surface area contributed by atoms with Crippen molar-refractivity contribution in [2.75, 3.05) is 18.1 Å². The zero-order chi connectivity index (χ0) is 14.7. The molecule has 0 radical (unpaired) electrons. The molecule has 0 bridgehead atoms. The van der Waals surface area contributed by atoms with Crippen molar-refractivity contribution in [1.82, 2.24) is 5.32 Å². The van der Waals surface area contributed by atoms with E-state index in [1.54, 1.807) is 4.90 Å². The fourth-order valence-corrected chi connectivity index (χ4v) is 2.64. The van der Waals surface area contributed by atoms with Gasteiger partial charge in [0.25, 0.3) is 0 Å². The molecule has 1 saturated heterocycles. The molecule has 0 saturated carbocycles. The van der Waals surface area contributed by atoms with Gasteiger partial charge in [0.15, 0.2) is 0 Å². The number of nitrogens with one attached hydrogen (secondary N) is 1. The van der Waals surface area contributed by atoms with Gasteiger partial charge in [-0.3, -0.25) is 0 Å². The van der Waals surface area contributed by atoms with Crippen LogP contribution >= 0.6 is 0 Å². The molecule has 112 valence electrons. The summed E-state index contributed by atoms with van der Waals surface area (Å²) in [5.41, 5.74) is 0.590. The topological polar surface area (TPSA) is 35.5 Å². The van der Waals surface area contributed by atoms with Crippen LogP contribution in [0.4, 0.5) is 14.5 Å². The first-order valence-electron chi connectivity index (χ1n) is 7.11. The fraction of sp³-hybridized carbons (Fsp3) is 0.600. The first kappa shape index (κ1) is 15.2. The van der Waals surface area contributed by atoms with E-state index in [4.69, 9.17) is 0 Å². The van der Waals surface area contributed by atoms with E-state index >= 15 is 0 Å². The third-order valence-corrected chi connectivity index (χ3v) is 3.67. The van der Waals surface area contributed by atoms with Crippen LogP contribution in [0.1, 0.15) is 32.3 Å². The lowest BCUT2D eigenvalue weighted by atomic mass is 10.1. The molecule has 1 aliphatic heterocycles. The molecule has 3 nitrogen and oxygen atoms in total. The molecule has 2 N–H and O–H groups in total. The SMILES string of the molecule is CC(C)NCc1cc(F)c(N2CCCC2CO)c(F)c1. The number of aliphatic hydroxyl groups is 1. The molecular weight excluding hydrogens is 262 g/mol. The Balaban J connectivity index is 2.22. The third kappa shape index (κ3) is 3.27. The Labute approximate surface area is 118 Å². The quantitative estimate of drug-likeness (QED) is 0.871. The van der Waals surface area contributed by atoms with E-state index in [-0.39, 0.29) is 24.4 Å². The molecule has 0 aliphatic carbocycles. The molecule has 1 aromatic carbocycles. The Morgan fingerprint density at radius 3 is 2.55 bits per heavy atom. The van der Waals surface area contributed by atoms with E-state index in [9.17, 15) is 13.9 Å². The molecule has 0 spiro atoms. The number of rotatable bonds is 5. The summed E-state index contributed by atoms with van der Waals surface area (Å²) >= 11 is 0. The van der Waals surface area contributed by atoms with Crippen LogP contribution in [0.15, 0.2) is 12.1 Å². The van der Waals surface area contributed by atoms with Crippen LogP contribution in [0.5, 0.6) is 0 Å². The lowest BCUT2D eigenvalue weighted by Gasteiger charge is -2.26. The number of halogens is 2. The van der Waals surface area contributed by atoms with Crippen molar-refractivity contribution in [2.45, 2.75) is 45.3 Å². The number of nitrogens with zero attached hydrogens (tertiary/aromatic N) is 1. The number of anilines is 1. The Bertz CT molecular complexity index is 442. The minimum Gasteiger partial charge on any atom is -0.394 e. The summed E-state index contributed by atoms with van der Waals surface area (Å²) in [5.74, 6) is -1.10. The lowest BCUT2D eigenvalue weighted by molar-refractivity contribution is 0.265. The predicted molar refractivity (Wildman–Crippen MR) is 75.8 cm³/mol. The van der Waals surface area contributed by atoms with E-state index in [1.807, 2.05) is 13.8 Å². The van der Waals surface area contributed by atoms with Crippen LogP contribution in [0, 0.1) is 11.6 Å². The normalized spacial score (nSPS) is 19.1. The van der Waals surface area contributed by atoms with Crippen molar-refractivity contribution in [3.8, 4) is 0 Å². The molecule has 1 fully saturated rings. The molecular formula is C15H22F2N2O. The summed E-state index contributed by atoms with van der Waals surface area (Å²) in [6.45, 7) is 4.92. The van der Waals surface area contributed by atoms with Crippen molar-refractivity contribution in [2.24, 2.45) is 0 Å². The highest BCUT2D eigenvalue weighted by Crippen LogP contribution is 2.31. The number of hydrogen-bond acceptors (Lipinski definition) is 3. The summed E-state index contributed by atoms with van der Waals surface area (Å²) < 4.78 is 28.4. The highest BCUT2D eigenvalue weighted by Gasteiger charge is 2.28. The van der Waals surface area contributed by atoms with Crippen molar-refractivity contribution >= 4 is 5.69 Å². The molecule has 2 rings (SSSR count). The summed E-state index contributed by atoms with van der Waals surface area (Å²) in [6, 6.07) is 2.83. The van der Waals surface area contributed by atoms with Gasteiger partial charge in [0.05, 0.1) is 12.6 Å². The maximum absolute atomic E-state index is 14.2. The van der Waals surface area contributed by atoms with Crippen molar-refractivity contribution < 1.29 is 13.9 Å². The molecule has 0 aromatic heterocycles. The zero-order valence-electron chi connectivity index (χ0n) is 12.0. The molecule has 1 heterocycles. The van der Waals surface area contributed by atoms with Crippen molar-refractivity contribution in [3.63, 3.8) is 0 Å². The van der Waals surface area contributed by atoms with E-state index in [0.29, 0.717) is 18.7 Å². The average Bonchev–Trinajstić information content (AvgIpc) is 2.83. The average molecular weight is 284 g/mol. The zero-order valence-corrected chi connectivity index (χ0v) is 12.0. The van der Waals surface area contributed by atoms with E-state index in [0.717, 1.165) is 12.8 Å². The van der Waals surface area contributed by atoms with E-state index in [1.165, 1.54) is 12.1 Å². The van der Waals surface area contributed by atoms with Gasteiger partial charge in [-0.05, 0) is 30.5 Å². The molecule has 1 aliphatic rings. The second-order valence-corrected chi connectivity index (χ2v) is 5.62. The van der Waals surface area contributed by atoms with Crippen molar-refractivity contribution in [3.05, 3.63) is 29.3 Å². The first-order valence-corrected chi connectivity index (χ1v) is 7.11. The van der Waals surface area contributed by atoms with Gasteiger partial charge in [-0.1, -0.05) is 13.8 Å². The maximum Gasteiger partial charge on any atom is 0.149 e. The van der Waals surface area contributed by atoms with E-state index < -0.39 is 11.6 Å². The highest BCUT2D eigenvalue weighted by atomic mass is 19.1. The van der Waals surface area contributed by atoms with Crippen LogP contribution in [0.3, 0.4) is 0 Å². The number of hydrogen-bond donors (Lipinski definition) is 2. The summed E-state index contributed by atoms with van der Waals surface area (Å²) in [5, 5.41) is 12.4. The Morgan fingerprint density at radius 2 is 2.00 bits per heavy atom. The second kappa shape index (κ2) is 6.50. The summed E-state index contributed by atoms with van der Waals surface area (Å²) in [6.07, 6.45) is 1.62. The van der Waals surface area contributed by atoms with Crippen LogP contribution in [-0.2, 0) is 6.54 Å². The predicted octanol–water partition coefficient (Wildman–Crippen LogP) is 2.42. The van der Waals surface area contributed by atoms with Crippen LogP contribution in [0.25, 0.3) is 0 Å². The summed E-state index contributed by atoms with van der Waals surface area (Å²) in [7, 11) is 0. The van der Waals surface area contributed by atoms with E-state index in [2.05, 4.69) is 5.32 Å². The van der Waals surface area contributed by atoms with Gasteiger partial charge in [-0.2, -0.15) is 0 Å². The van der Waals surface area contributed by atoms with Gasteiger partial charge < -0.3 is 15.3 Å². The Hall–Kier alpha value is -1.20. The second-order valence-electron chi connectivity index (χ2n) is 5.62. The third-order valence-electron chi connectivity index (χ3n) is 3.67. The Morgan fingerprint density at radius 1 is 1.35 bits per heavy atom. The molecule has 1 unspecified atom stereocenters. The molecule has 5 heteroatoms. The van der Waals surface area contributed by atoms with Gasteiger partial charge in [-0.15, -0.1) is 0 Å². The lowest BCUT2D eigenvalue weighted by Crippen LogP contribution is -2.33. The smallest absolute Gasteiger partial charge is 0.149 e. The molecule has 20 heavy (non-hydrogen) atoms. The van der Waals surface area contributed by atoms with Crippen molar-refractivity contribution in [1.29, 1.82) is 0 Å². The highest BCUT2D eigenvalue weighted by molar-refractivity contribution is 5.52. The van der Waals surface area contributed by atoms with Gasteiger partial charge in [-0.25, -0.2) is 8.78 Å². The molecule has 0 amide bonds. The van der Waals surface area contributed by atoms with Gasteiger partial charge in [0, 0.05) is 19.1 Å². The largest absolute Gasteiger partial charge is 0.394 e. The monoisotopic (exact) mass is 284 g/mol. The first-order chi connectivity index (χ1) is 9.52. The van der Waals surface area contributed by atoms with Gasteiger partial charge in [0.1, 0.15) is 17.3 Å². The van der Waals surface area contributed by atoms with Crippen LogP contribution in [-0.4, -0.2) is 30.3 Å².